The Balaban J connectivity index is 0. The number of ether oxygens (including phenoxy) is 1. The zero-order valence-electron chi connectivity index (χ0n) is 11.6. The third-order valence-corrected chi connectivity index (χ3v) is 2.65. The standard InChI is InChI=1S/C6H10O5.C6H14O3/c7-3-4-11-6(10)2-1-5(8)9;1-2-6(3-7,4-8)5-9/h7H,1-4H2,(H,8,9);7-9H,2-5H2,1H3. The second kappa shape index (κ2) is 12.8. The number of carboxylic acids is 1. The number of aliphatic hydroxyl groups is 4. The normalized spacial score (nSPS) is 10.4. The lowest BCUT2D eigenvalue weighted by Crippen LogP contribution is -2.32. The molecule has 8 heteroatoms. The van der Waals surface area contributed by atoms with Crippen LogP contribution in [0.15, 0.2) is 0 Å². The average Bonchev–Trinajstić information content (AvgIpc) is 2.46. The Hall–Kier alpha value is -1.22. The number of aliphatic hydroxyl groups excluding tert-OH is 4. The van der Waals surface area contributed by atoms with Crippen LogP contribution in [0.5, 0.6) is 0 Å². The van der Waals surface area contributed by atoms with Gasteiger partial charge in [0, 0.05) is 5.41 Å². The highest BCUT2D eigenvalue weighted by Crippen LogP contribution is 2.18. The van der Waals surface area contributed by atoms with E-state index in [0.29, 0.717) is 6.42 Å². The number of aliphatic carboxylic acids is 1. The van der Waals surface area contributed by atoms with Gasteiger partial charge >= 0.3 is 11.9 Å². The van der Waals surface area contributed by atoms with Crippen molar-refractivity contribution < 1.29 is 39.9 Å². The first-order chi connectivity index (χ1) is 9.41. The number of rotatable bonds is 9. The van der Waals surface area contributed by atoms with Gasteiger partial charge in [0.25, 0.3) is 0 Å². The van der Waals surface area contributed by atoms with Crippen molar-refractivity contribution in [2.45, 2.75) is 26.2 Å². The van der Waals surface area contributed by atoms with Gasteiger partial charge in [-0.25, -0.2) is 0 Å². The van der Waals surface area contributed by atoms with Gasteiger partial charge in [0.05, 0.1) is 39.3 Å². The van der Waals surface area contributed by atoms with Crippen molar-refractivity contribution in [3.8, 4) is 0 Å². The van der Waals surface area contributed by atoms with Gasteiger partial charge in [0.15, 0.2) is 0 Å². The molecule has 0 spiro atoms. The SMILES string of the molecule is CCC(CO)(CO)CO.O=C(O)CCC(=O)OCCO. The van der Waals surface area contributed by atoms with Crippen LogP contribution in [-0.2, 0) is 14.3 Å². The van der Waals surface area contributed by atoms with Gasteiger partial charge in [-0.05, 0) is 6.42 Å². The number of carboxylic acid groups (broad SMARTS) is 1. The summed E-state index contributed by atoms with van der Waals surface area (Å²) in [5.41, 5.74) is -0.667. The van der Waals surface area contributed by atoms with Crippen LogP contribution in [0.25, 0.3) is 0 Å². The van der Waals surface area contributed by atoms with Crippen LogP contribution in [0.3, 0.4) is 0 Å². The van der Waals surface area contributed by atoms with Gasteiger partial charge in [0.1, 0.15) is 6.61 Å². The molecule has 0 unspecified atom stereocenters. The molecule has 0 atom stereocenters. The highest BCUT2D eigenvalue weighted by Gasteiger charge is 2.24. The number of hydrogen-bond donors (Lipinski definition) is 5. The number of esters is 1. The van der Waals surface area contributed by atoms with E-state index in [0.717, 1.165) is 0 Å². The average molecular weight is 296 g/mol. The predicted octanol–water partition coefficient (Wildman–Crippen LogP) is -1.25. The zero-order chi connectivity index (χ0) is 16.0. The Morgan fingerprint density at radius 2 is 1.50 bits per heavy atom. The summed E-state index contributed by atoms with van der Waals surface area (Å²) in [4.78, 5) is 20.4. The van der Waals surface area contributed by atoms with Gasteiger partial charge in [-0.15, -0.1) is 0 Å². The summed E-state index contributed by atoms with van der Waals surface area (Å²) < 4.78 is 4.39. The van der Waals surface area contributed by atoms with E-state index < -0.39 is 17.4 Å². The molecule has 0 aliphatic rings. The summed E-state index contributed by atoms with van der Waals surface area (Å²) in [5, 5.41) is 42.3. The highest BCUT2D eigenvalue weighted by molar-refractivity contribution is 5.76. The zero-order valence-corrected chi connectivity index (χ0v) is 11.6. The van der Waals surface area contributed by atoms with Gasteiger partial charge < -0.3 is 30.3 Å². The van der Waals surface area contributed by atoms with E-state index in [-0.39, 0.29) is 45.9 Å². The van der Waals surface area contributed by atoms with E-state index in [9.17, 15) is 9.59 Å². The molecule has 8 nitrogen and oxygen atoms in total. The minimum absolute atomic E-state index is 0.0710. The fourth-order valence-corrected chi connectivity index (χ4v) is 0.926. The minimum Gasteiger partial charge on any atom is -0.481 e. The lowest BCUT2D eigenvalue weighted by molar-refractivity contribution is -0.148. The van der Waals surface area contributed by atoms with Crippen LogP contribution in [0, 0.1) is 5.41 Å². The monoisotopic (exact) mass is 296 g/mol. The molecule has 5 N–H and O–H groups in total. The topological polar surface area (TPSA) is 145 Å². The van der Waals surface area contributed by atoms with Crippen molar-refractivity contribution in [2.24, 2.45) is 5.41 Å². The van der Waals surface area contributed by atoms with Gasteiger partial charge in [-0.1, -0.05) is 6.92 Å². The minimum atomic E-state index is -1.04. The largest absolute Gasteiger partial charge is 0.481 e. The third-order valence-electron chi connectivity index (χ3n) is 2.65. The lowest BCUT2D eigenvalue weighted by atomic mass is 9.88. The molecule has 0 aromatic heterocycles. The van der Waals surface area contributed by atoms with Crippen molar-refractivity contribution in [3.63, 3.8) is 0 Å². The van der Waals surface area contributed by atoms with Gasteiger partial charge in [0.2, 0.25) is 0 Å². The number of carbonyl (C=O) groups excluding carboxylic acids is 1. The first kappa shape index (κ1) is 21.1. The summed E-state index contributed by atoms with van der Waals surface area (Å²) in [7, 11) is 0. The van der Waals surface area contributed by atoms with E-state index in [1.54, 1.807) is 0 Å². The molecule has 0 fully saturated rings. The molecule has 0 radical (unpaired) electrons. The van der Waals surface area contributed by atoms with Crippen LogP contribution in [0.2, 0.25) is 0 Å². The molecule has 120 valence electrons. The fraction of sp³-hybridized carbons (Fsp3) is 0.833. The molecule has 0 aromatic carbocycles. The van der Waals surface area contributed by atoms with Crippen LogP contribution in [-0.4, -0.2) is 70.5 Å². The van der Waals surface area contributed by atoms with Crippen molar-refractivity contribution in [1.82, 2.24) is 0 Å². The van der Waals surface area contributed by atoms with E-state index >= 15 is 0 Å². The maximum atomic E-state index is 10.5. The van der Waals surface area contributed by atoms with Crippen LogP contribution in [0.1, 0.15) is 26.2 Å². The Labute approximate surface area is 117 Å². The molecular formula is C12H24O8. The third kappa shape index (κ3) is 10.7. The van der Waals surface area contributed by atoms with E-state index in [1.165, 1.54) is 0 Å². The summed E-state index contributed by atoms with van der Waals surface area (Å²) in [6.07, 6.45) is 0.218. The Morgan fingerprint density at radius 1 is 1.00 bits per heavy atom. The number of carbonyl (C=O) groups is 2. The molecule has 0 saturated heterocycles. The molecule has 0 rings (SSSR count). The van der Waals surface area contributed by atoms with Crippen molar-refractivity contribution in [1.29, 1.82) is 0 Å². The summed E-state index contributed by atoms with van der Waals surface area (Å²) in [6, 6.07) is 0. The first-order valence-electron chi connectivity index (χ1n) is 6.22. The van der Waals surface area contributed by atoms with Crippen molar-refractivity contribution in [3.05, 3.63) is 0 Å². The van der Waals surface area contributed by atoms with Crippen LogP contribution >= 0.6 is 0 Å². The predicted molar refractivity (Wildman–Crippen MR) is 68.9 cm³/mol. The highest BCUT2D eigenvalue weighted by atomic mass is 16.5. The molecule has 0 amide bonds. The van der Waals surface area contributed by atoms with Crippen molar-refractivity contribution in [2.75, 3.05) is 33.0 Å². The second-order valence-corrected chi connectivity index (χ2v) is 4.17. The molecule has 0 aliphatic heterocycles. The van der Waals surface area contributed by atoms with E-state index in [4.69, 9.17) is 25.5 Å². The van der Waals surface area contributed by atoms with Gasteiger partial charge in [-0.2, -0.15) is 0 Å². The Kier molecular flexibility index (Phi) is 13.5. The van der Waals surface area contributed by atoms with E-state index in [2.05, 4.69) is 4.74 Å². The fourth-order valence-electron chi connectivity index (χ4n) is 0.926. The van der Waals surface area contributed by atoms with E-state index in [1.807, 2.05) is 6.92 Å². The van der Waals surface area contributed by atoms with Crippen LogP contribution in [0.4, 0.5) is 0 Å². The van der Waals surface area contributed by atoms with Crippen molar-refractivity contribution >= 4 is 11.9 Å². The summed E-state index contributed by atoms with van der Waals surface area (Å²) >= 11 is 0. The molecule has 0 heterocycles. The molecular weight excluding hydrogens is 272 g/mol. The maximum absolute atomic E-state index is 10.5. The first-order valence-corrected chi connectivity index (χ1v) is 6.22. The smallest absolute Gasteiger partial charge is 0.306 e. The van der Waals surface area contributed by atoms with Gasteiger partial charge in [-0.3, -0.25) is 9.59 Å². The Bertz CT molecular complexity index is 245. The molecule has 0 aliphatic carbocycles. The molecule has 0 aromatic rings. The molecule has 0 saturated carbocycles. The lowest BCUT2D eigenvalue weighted by Gasteiger charge is -2.24. The quantitative estimate of drug-likeness (QED) is 0.332. The number of hydrogen-bond acceptors (Lipinski definition) is 7. The Morgan fingerprint density at radius 3 is 1.75 bits per heavy atom. The van der Waals surface area contributed by atoms with Crippen LogP contribution < -0.4 is 0 Å². The summed E-state index contributed by atoms with van der Waals surface area (Å²) in [6.45, 7) is 1.05. The molecule has 0 bridgehead atoms. The maximum Gasteiger partial charge on any atom is 0.306 e. The summed E-state index contributed by atoms with van der Waals surface area (Å²) in [5.74, 6) is -1.63. The molecule has 20 heavy (non-hydrogen) atoms. The second-order valence-electron chi connectivity index (χ2n) is 4.17.